The number of halogens is 2. The minimum atomic E-state index is -3.68. The SMILES string of the molecule is O=C1CCCC[C@H]1[C@H]1CCCN1S(=O)(=O)c1ccc(Br)cc1Cl. The van der Waals surface area contributed by atoms with Crippen molar-refractivity contribution in [3.8, 4) is 0 Å². The fraction of sp³-hybridized carbons (Fsp3) is 0.562. The topological polar surface area (TPSA) is 54.5 Å². The van der Waals surface area contributed by atoms with Gasteiger partial charge < -0.3 is 0 Å². The molecule has 1 aliphatic heterocycles. The van der Waals surface area contributed by atoms with Gasteiger partial charge >= 0.3 is 0 Å². The summed E-state index contributed by atoms with van der Waals surface area (Å²) < 4.78 is 28.3. The van der Waals surface area contributed by atoms with Crippen LogP contribution in [-0.4, -0.2) is 31.1 Å². The van der Waals surface area contributed by atoms with E-state index in [1.54, 1.807) is 12.1 Å². The van der Waals surface area contributed by atoms with Crippen molar-refractivity contribution in [2.75, 3.05) is 6.54 Å². The summed E-state index contributed by atoms with van der Waals surface area (Å²) in [7, 11) is -3.68. The smallest absolute Gasteiger partial charge is 0.244 e. The van der Waals surface area contributed by atoms with Gasteiger partial charge in [-0.15, -0.1) is 0 Å². The zero-order valence-electron chi connectivity index (χ0n) is 12.7. The molecule has 1 saturated carbocycles. The Bertz CT molecular complexity index is 722. The molecule has 2 fully saturated rings. The summed E-state index contributed by atoms with van der Waals surface area (Å²) in [6.07, 6.45) is 4.84. The molecule has 0 amide bonds. The van der Waals surface area contributed by atoms with Crippen molar-refractivity contribution < 1.29 is 13.2 Å². The average Bonchev–Trinajstić information content (AvgIpc) is 2.97. The van der Waals surface area contributed by atoms with Crippen molar-refractivity contribution in [3.63, 3.8) is 0 Å². The zero-order chi connectivity index (χ0) is 16.6. The molecule has 0 N–H and O–H groups in total. The molecule has 0 unspecified atom stereocenters. The summed E-state index contributed by atoms with van der Waals surface area (Å²) in [4.78, 5) is 12.4. The summed E-state index contributed by atoms with van der Waals surface area (Å²) >= 11 is 9.44. The number of carbonyl (C=O) groups excluding carboxylic acids is 1. The molecule has 1 aromatic rings. The number of hydrogen-bond donors (Lipinski definition) is 0. The lowest BCUT2D eigenvalue weighted by Gasteiger charge is -2.32. The molecule has 1 heterocycles. The first-order valence-corrected chi connectivity index (χ1v) is 10.5. The van der Waals surface area contributed by atoms with E-state index in [0.29, 0.717) is 13.0 Å². The Hall–Kier alpha value is -0.430. The van der Waals surface area contributed by atoms with Crippen LogP contribution in [0.4, 0.5) is 0 Å². The molecular weight excluding hydrogens is 402 g/mol. The lowest BCUT2D eigenvalue weighted by molar-refractivity contribution is -0.126. The van der Waals surface area contributed by atoms with Crippen molar-refractivity contribution in [1.29, 1.82) is 0 Å². The van der Waals surface area contributed by atoms with E-state index in [9.17, 15) is 13.2 Å². The van der Waals surface area contributed by atoms with Gasteiger partial charge in [0.2, 0.25) is 10.0 Å². The van der Waals surface area contributed by atoms with E-state index >= 15 is 0 Å². The van der Waals surface area contributed by atoms with Crippen LogP contribution in [0.5, 0.6) is 0 Å². The zero-order valence-corrected chi connectivity index (χ0v) is 15.8. The predicted octanol–water partition coefficient (Wildman–Crippen LogP) is 4.01. The summed E-state index contributed by atoms with van der Waals surface area (Å²) in [6.45, 7) is 0.461. The highest BCUT2D eigenvalue weighted by atomic mass is 79.9. The van der Waals surface area contributed by atoms with Crippen molar-refractivity contribution in [2.24, 2.45) is 5.92 Å². The second-order valence-electron chi connectivity index (χ2n) is 6.22. The molecule has 0 aromatic heterocycles. The first kappa shape index (κ1) is 17.4. The molecule has 0 radical (unpaired) electrons. The number of rotatable bonds is 3. The van der Waals surface area contributed by atoms with Crippen molar-refractivity contribution >= 4 is 43.3 Å². The van der Waals surface area contributed by atoms with E-state index in [0.717, 1.165) is 36.6 Å². The van der Waals surface area contributed by atoms with Crippen molar-refractivity contribution in [2.45, 2.75) is 49.5 Å². The van der Waals surface area contributed by atoms with E-state index in [-0.39, 0.29) is 27.7 Å². The van der Waals surface area contributed by atoms with E-state index in [2.05, 4.69) is 15.9 Å². The van der Waals surface area contributed by atoms with E-state index in [4.69, 9.17) is 11.6 Å². The molecule has 1 saturated heterocycles. The molecule has 3 rings (SSSR count). The van der Waals surface area contributed by atoms with Crippen LogP contribution in [0.15, 0.2) is 27.6 Å². The Morgan fingerprint density at radius 3 is 2.65 bits per heavy atom. The van der Waals surface area contributed by atoms with Crippen LogP contribution in [0.2, 0.25) is 5.02 Å². The number of ketones is 1. The van der Waals surface area contributed by atoms with Crippen molar-refractivity contribution in [1.82, 2.24) is 4.31 Å². The number of nitrogens with zero attached hydrogens (tertiary/aromatic N) is 1. The highest BCUT2D eigenvalue weighted by molar-refractivity contribution is 9.10. The third-order valence-corrected chi connectivity index (χ3v) is 7.70. The number of carbonyl (C=O) groups is 1. The Labute approximate surface area is 150 Å². The van der Waals surface area contributed by atoms with Gasteiger partial charge in [-0.3, -0.25) is 4.79 Å². The van der Waals surface area contributed by atoms with Crippen LogP contribution in [0, 0.1) is 5.92 Å². The maximum absolute atomic E-state index is 13.0. The first-order valence-electron chi connectivity index (χ1n) is 7.91. The van der Waals surface area contributed by atoms with Gasteiger partial charge in [0.15, 0.2) is 0 Å². The van der Waals surface area contributed by atoms with Gasteiger partial charge in [-0.1, -0.05) is 34.0 Å². The quantitative estimate of drug-likeness (QED) is 0.742. The van der Waals surface area contributed by atoms with Crippen LogP contribution in [0.3, 0.4) is 0 Å². The summed E-state index contributed by atoms with van der Waals surface area (Å²) in [6, 6.07) is 4.58. The molecular formula is C16H19BrClNO3S. The van der Waals surface area contributed by atoms with Crippen LogP contribution in [0.1, 0.15) is 38.5 Å². The maximum atomic E-state index is 13.0. The Morgan fingerprint density at radius 1 is 1.17 bits per heavy atom. The van der Waals surface area contributed by atoms with Gasteiger partial charge in [-0.05, 0) is 43.9 Å². The van der Waals surface area contributed by atoms with Gasteiger partial charge in [0.1, 0.15) is 10.7 Å². The second-order valence-corrected chi connectivity index (χ2v) is 9.40. The summed E-state index contributed by atoms with van der Waals surface area (Å²) in [5.74, 6) is 0.0560. The number of benzene rings is 1. The molecule has 2 aliphatic rings. The lowest BCUT2D eigenvalue weighted by atomic mass is 9.82. The molecule has 126 valence electrons. The van der Waals surface area contributed by atoms with E-state index < -0.39 is 10.0 Å². The average molecular weight is 421 g/mol. The number of sulfonamides is 1. The maximum Gasteiger partial charge on any atom is 0.244 e. The van der Waals surface area contributed by atoms with E-state index in [1.807, 2.05) is 0 Å². The van der Waals surface area contributed by atoms with Gasteiger partial charge in [-0.2, -0.15) is 4.31 Å². The molecule has 7 heteroatoms. The van der Waals surface area contributed by atoms with Gasteiger partial charge in [0.25, 0.3) is 0 Å². The third kappa shape index (κ3) is 3.36. The van der Waals surface area contributed by atoms with Crippen LogP contribution in [0.25, 0.3) is 0 Å². The van der Waals surface area contributed by atoms with E-state index in [1.165, 1.54) is 10.4 Å². The Kier molecular flexibility index (Phi) is 5.16. The van der Waals surface area contributed by atoms with Crippen LogP contribution in [-0.2, 0) is 14.8 Å². The number of Topliss-reactive ketones (excluding diaryl/α,β-unsaturated/α-hetero) is 1. The lowest BCUT2D eigenvalue weighted by Crippen LogP contribution is -2.43. The van der Waals surface area contributed by atoms with Crippen LogP contribution >= 0.6 is 27.5 Å². The molecule has 0 bridgehead atoms. The molecule has 0 spiro atoms. The largest absolute Gasteiger partial charge is 0.299 e. The first-order chi connectivity index (χ1) is 10.9. The summed E-state index contributed by atoms with van der Waals surface area (Å²) in [5.41, 5.74) is 0. The molecule has 1 aromatic carbocycles. The van der Waals surface area contributed by atoms with Gasteiger partial charge in [-0.25, -0.2) is 8.42 Å². The van der Waals surface area contributed by atoms with Gasteiger partial charge in [0, 0.05) is 29.4 Å². The molecule has 2 atom stereocenters. The fourth-order valence-corrected chi connectivity index (χ4v) is 6.44. The van der Waals surface area contributed by atoms with Crippen molar-refractivity contribution in [3.05, 3.63) is 27.7 Å². The highest BCUT2D eigenvalue weighted by Gasteiger charge is 2.43. The Balaban J connectivity index is 1.93. The standard InChI is InChI=1S/C16H19BrClNO3S/c17-11-7-8-16(13(18)10-11)23(21,22)19-9-3-5-14(19)12-4-1-2-6-15(12)20/h7-8,10,12,14H,1-6,9H2/t12-,14+/m0/s1. The Morgan fingerprint density at radius 2 is 1.96 bits per heavy atom. The molecule has 1 aliphatic carbocycles. The third-order valence-electron chi connectivity index (χ3n) is 4.80. The highest BCUT2D eigenvalue weighted by Crippen LogP contribution is 2.37. The normalized spacial score (nSPS) is 26.6. The van der Waals surface area contributed by atoms with Gasteiger partial charge in [0.05, 0.1) is 5.02 Å². The van der Waals surface area contributed by atoms with Crippen LogP contribution < -0.4 is 0 Å². The second kappa shape index (κ2) is 6.82. The summed E-state index contributed by atoms with van der Waals surface area (Å²) in [5, 5.41) is 0.208. The number of hydrogen-bond acceptors (Lipinski definition) is 3. The molecule has 23 heavy (non-hydrogen) atoms. The minimum Gasteiger partial charge on any atom is -0.299 e. The minimum absolute atomic E-state index is 0.123. The molecule has 4 nitrogen and oxygen atoms in total. The monoisotopic (exact) mass is 419 g/mol. The predicted molar refractivity (Wildman–Crippen MR) is 93.0 cm³/mol. The fourth-order valence-electron chi connectivity index (χ4n) is 3.69.